The molecule has 3 rings (SSSR count). The number of amides is 1. The van der Waals surface area contributed by atoms with E-state index in [-0.39, 0.29) is 17.8 Å². The molecule has 4 heteroatoms. The Morgan fingerprint density at radius 1 is 1.19 bits per heavy atom. The molecule has 110 valence electrons. The molecule has 2 unspecified atom stereocenters. The van der Waals surface area contributed by atoms with E-state index < -0.39 is 0 Å². The third-order valence-electron chi connectivity index (χ3n) is 4.29. The molecule has 2 aromatic rings. The Hall–Kier alpha value is -1.61. The van der Waals surface area contributed by atoms with Crippen LogP contribution in [0.2, 0.25) is 0 Å². The monoisotopic (exact) mass is 305 g/mol. The van der Waals surface area contributed by atoms with Crippen molar-refractivity contribution in [2.75, 3.05) is 5.88 Å². The summed E-state index contributed by atoms with van der Waals surface area (Å²) in [5.74, 6) is 0.451. The van der Waals surface area contributed by atoms with E-state index in [1.165, 1.54) is 6.07 Å². The number of hydrogen-bond acceptors (Lipinski definition) is 1. The van der Waals surface area contributed by atoms with Crippen molar-refractivity contribution in [3.63, 3.8) is 0 Å². The lowest BCUT2D eigenvalue weighted by molar-refractivity contribution is 0.0931. The van der Waals surface area contributed by atoms with Crippen molar-refractivity contribution in [2.45, 2.75) is 25.3 Å². The molecule has 1 aliphatic rings. The minimum atomic E-state index is -0.304. The standard InChI is InChI=1S/C17H17ClFNO/c18-10-11-4-3-7-16(11)20-17(21)14-8-9-15(19)13-6-2-1-5-12(13)14/h1-2,5-6,8-9,11,16H,3-4,7,10H2,(H,20,21). The minimum absolute atomic E-state index is 0.124. The zero-order valence-corrected chi connectivity index (χ0v) is 12.4. The first-order valence-electron chi connectivity index (χ1n) is 7.25. The zero-order valence-electron chi connectivity index (χ0n) is 11.6. The molecule has 2 nitrogen and oxygen atoms in total. The van der Waals surface area contributed by atoms with Crippen LogP contribution in [0.3, 0.4) is 0 Å². The molecule has 0 aromatic heterocycles. The second-order valence-electron chi connectivity index (χ2n) is 5.57. The molecular weight excluding hydrogens is 289 g/mol. The van der Waals surface area contributed by atoms with E-state index in [4.69, 9.17) is 11.6 Å². The number of rotatable bonds is 3. The average molecular weight is 306 g/mol. The number of fused-ring (bicyclic) bond motifs is 1. The van der Waals surface area contributed by atoms with Gasteiger partial charge in [0.2, 0.25) is 0 Å². The maximum Gasteiger partial charge on any atom is 0.252 e. The van der Waals surface area contributed by atoms with Gasteiger partial charge in [-0.05, 0) is 36.3 Å². The number of carbonyl (C=O) groups excluding carboxylic acids is 1. The van der Waals surface area contributed by atoms with Crippen LogP contribution in [-0.4, -0.2) is 17.8 Å². The summed E-state index contributed by atoms with van der Waals surface area (Å²) in [5.41, 5.74) is 0.521. The molecule has 2 atom stereocenters. The predicted octanol–water partition coefficient (Wildman–Crippen LogP) is 4.12. The van der Waals surface area contributed by atoms with Gasteiger partial charge in [-0.1, -0.05) is 30.7 Å². The SMILES string of the molecule is O=C(NC1CCCC1CCl)c1ccc(F)c2ccccc12. The Balaban J connectivity index is 1.90. The topological polar surface area (TPSA) is 29.1 Å². The van der Waals surface area contributed by atoms with Crippen molar-refractivity contribution in [3.05, 3.63) is 47.8 Å². The number of halogens is 2. The number of nitrogens with one attached hydrogen (secondary N) is 1. The van der Waals surface area contributed by atoms with Crippen LogP contribution in [0.15, 0.2) is 36.4 Å². The molecule has 0 spiro atoms. The summed E-state index contributed by atoms with van der Waals surface area (Å²) in [5, 5.41) is 4.19. The molecule has 1 saturated carbocycles. The Labute approximate surface area is 128 Å². The van der Waals surface area contributed by atoms with Crippen molar-refractivity contribution >= 4 is 28.3 Å². The lowest BCUT2D eigenvalue weighted by atomic mass is 10.0. The molecule has 1 fully saturated rings. The van der Waals surface area contributed by atoms with Crippen LogP contribution in [0.1, 0.15) is 29.6 Å². The van der Waals surface area contributed by atoms with Gasteiger partial charge in [0.05, 0.1) is 0 Å². The molecule has 2 aromatic carbocycles. The summed E-state index contributed by atoms with van der Waals surface area (Å²) in [6, 6.07) is 10.1. The largest absolute Gasteiger partial charge is 0.349 e. The smallest absolute Gasteiger partial charge is 0.252 e. The molecule has 0 saturated heterocycles. The fraction of sp³-hybridized carbons (Fsp3) is 0.353. The first kappa shape index (κ1) is 14.3. The van der Waals surface area contributed by atoms with Crippen molar-refractivity contribution < 1.29 is 9.18 Å². The third kappa shape index (κ3) is 2.75. The van der Waals surface area contributed by atoms with Crippen LogP contribution in [0, 0.1) is 11.7 Å². The number of carbonyl (C=O) groups is 1. The van der Waals surface area contributed by atoms with Crippen molar-refractivity contribution in [3.8, 4) is 0 Å². The van der Waals surface area contributed by atoms with Crippen LogP contribution >= 0.6 is 11.6 Å². The van der Waals surface area contributed by atoms with Gasteiger partial charge >= 0.3 is 0 Å². The zero-order chi connectivity index (χ0) is 14.8. The van der Waals surface area contributed by atoms with Gasteiger partial charge in [0.15, 0.2) is 0 Å². The van der Waals surface area contributed by atoms with Crippen molar-refractivity contribution in [2.24, 2.45) is 5.92 Å². The highest BCUT2D eigenvalue weighted by atomic mass is 35.5. The summed E-state index contributed by atoms with van der Waals surface area (Å²) in [7, 11) is 0. The Morgan fingerprint density at radius 3 is 2.71 bits per heavy atom. The second-order valence-corrected chi connectivity index (χ2v) is 5.87. The second kappa shape index (κ2) is 6.02. The molecule has 0 aliphatic heterocycles. The summed E-state index contributed by atoms with van der Waals surface area (Å²) < 4.78 is 13.8. The maximum atomic E-state index is 13.8. The first-order valence-corrected chi connectivity index (χ1v) is 7.78. The fourth-order valence-corrected chi connectivity index (χ4v) is 3.49. The van der Waals surface area contributed by atoms with E-state index in [9.17, 15) is 9.18 Å². The van der Waals surface area contributed by atoms with Gasteiger partial charge in [0.25, 0.3) is 5.91 Å². The third-order valence-corrected chi connectivity index (χ3v) is 4.69. The summed E-state index contributed by atoms with van der Waals surface area (Å²) in [4.78, 5) is 12.5. The number of benzene rings is 2. The van der Waals surface area contributed by atoms with Gasteiger partial charge < -0.3 is 5.32 Å². The summed E-state index contributed by atoms with van der Waals surface area (Å²) in [6.45, 7) is 0. The van der Waals surface area contributed by atoms with Gasteiger partial charge in [-0.3, -0.25) is 4.79 Å². The molecule has 0 bridgehead atoms. The molecule has 21 heavy (non-hydrogen) atoms. The van der Waals surface area contributed by atoms with Crippen LogP contribution in [0.25, 0.3) is 10.8 Å². The molecule has 1 aliphatic carbocycles. The van der Waals surface area contributed by atoms with Crippen LogP contribution in [0.5, 0.6) is 0 Å². The maximum absolute atomic E-state index is 13.8. The summed E-state index contributed by atoms with van der Waals surface area (Å²) >= 11 is 5.95. The predicted molar refractivity (Wildman–Crippen MR) is 83.2 cm³/mol. The lowest BCUT2D eigenvalue weighted by Crippen LogP contribution is -2.38. The van der Waals surface area contributed by atoms with E-state index >= 15 is 0 Å². The van der Waals surface area contributed by atoms with E-state index in [2.05, 4.69) is 5.32 Å². The highest BCUT2D eigenvalue weighted by Gasteiger charge is 2.28. The molecule has 0 heterocycles. The van der Waals surface area contributed by atoms with Crippen LogP contribution in [-0.2, 0) is 0 Å². The fourth-order valence-electron chi connectivity index (χ4n) is 3.12. The Kier molecular flexibility index (Phi) is 4.11. The van der Waals surface area contributed by atoms with E-state index in [1.54, 1.807) is 24.3 Å². The number of hydrogen-bond donors (Lipinski definition) is 1. The molecule has 1 N–H and O–H groups in total. The molecular formula is C17H17ClFNO. The van der Waals surface area contributed by atoms with Crippen molar-refractivity contribution in [1.29, 1.82) is 0 Å². The first-order chi connectivity index (χ1) is 10.2. The van der Waals surface area contributed by atoms with Crippen LogP contribution < -0.4 is 5.32 Å². The average Bonchev–Trinajstić information content (AvgIpc) is 2.95. The lowest BCUT2D eigenvalue weighted by Gasteiger charge is -2.19. The normalized spacial score (nSPS) is 21.6. The highest BCUT2D eigenvalue weighted by Crippen LogP contribution is 2.28. The van der Waals surface area contributed by atoms with E-state index in [1.807, 2.05) is 6.07 Å². The Bertz CT molecular complexity index is 673. The highest BCUT2D eigenvalue weighted by molar-refractivity contribution is 6.18. The summed E-state index contributed by atoms with van der Waals surface area (Å²) in [6.07, 6.45) is 3.10. The number of alkyl halides is 1. The van der Waals surface area contributed by atoms with Gasteiger partial charge in [-0.15, -0.1) is 11.6 Å². The Morgan fingerprint density at radius 2 is 1.95 bits per heavy atom. The van der Waals surface area contributed by atoms with E-state index in [0.29, 0.717) is 28.1 Å². The van der Waals surface area contributed by atoms with Gasteiger partial charge in [-0.2, -0.15) is 0 Å². The van der Waals surface area contributed by atoms with Crippen LogP contribution in [0.4, 0.5) is 4.39 Å². The van der Waals surface area contributed by atoms with Gasteiger partial charge in [0, 0.05) is 22.9 Å². The molecule has 0 radical (unpaired) electrons. The van der Waals surface area contributed by atoms with Crippen molar-refractivity contribution in [1.82, 2.24) is 5.32 Å². The quantitative estimate of drug-likeness (QED) is 0.849. The minimum Gasteiger partial charge on any atom is -0.349 e. The molecule has 1 amide bonds. The van der Waals surface area contributed by atoms with Gasteiger partial charge in [-0.25, -0.2) is 4.39 Å². The van der Waals surface area contributed by atoms with E-state index in [0.717, 1.165) is 19.3 Å². The van der Waals surface area contributed by atoms with Gasteiger partial charge in [0.1, 0.15) is 5.82 Å².